The van der Waals surface area contributed by atoms with Gasteiger partial charge in [0, 0.05) is 9.04 Å². The molecule has 0 spiro atoms. The summed E-state index contributed by atoms with van der Waals surface area (Å²) in [6, 6.07) is 14.1. The summed E-state index contributed by atoms with van der Waals surface area (Å²) < 4.78 is 26.4. The van der Waals surface area contributed by atoms with E-state index < -0.39 is 11.6 Å². The van der Waals surface area contributed by atoms with Crippen LogP contribution in [0.3, 0.4) is 0 Å². The third-order valence-electron chi connectivity index (χ3n) is 5.18. The maximum Gasteiger partial charge on any atom is 0.159 e. The Kier molecular flexibility index (Phi) is 5.43. The van der Waals surface area contributed by atoms with E-state index in [-0.39, 0.29) is 0 Å². The van der Waals surface area contributed by atoms with Crippen LogP contribution < -0.4 is 0 Å². The average Bonchev–Trinajstić information content (AvgIpc) is 2.59. The summed E-state index contributed by atoms with van der Waals surface area (Å²) in [5, 5.41) is 0. The van der Waals surface area contributed by atoms with Crippen LogP contribution in [0.4, 0.5) is 8.78 Å². The van der Waals surface area contributed by atoms with Crippen molar-refractivity contribution in [1.82, 2.24) is 0 Å². The van der Waals surface area contributed by atoms with E-state index in [0.717, 1.165) is 17.0 Å². The Morgan fingerprint density at radius 3 is 2.13 bits per heavy atom. The van der Waals surface area contributed by atoms with Gasteiger partial charge in [-0.05, 0) is 63.3 Å². The molecule has 0 radical (unpaired) electrons. The SMILES string of the molecule is Fc1ccc(-c2ccc([C@H]3CC[C@H](C[SiH2][SiH3])CC3)cc2)cc1F. The Bertz CT molecular complexity index is 647. The standard InChI is InChI=1S/C19H24F2Si2/c20-18-10-9-17(11-19(18)21)16-7-5-15(6-8-16)14-3-1-13(2-4-14)12-23-22/h5-11,13-14H,1-4,12,23H2,22H3/t13-,14-. The second-order valence-electron chi connectivity index (χ2n) is 6.76. The summed E-state index contributed by atoms with van der Waals surface area (Å²) in [6.45, 7) is 0. The second-order valence-corrected chi connectivity index (χ2v) is 11.3. The minimum atomic E-state index is -0.792. The minimum absolute atomic E-state index is 0.329. The summed E-state index contributed by atoms with van der Waals surface area (Å²) in [4.78, 5) is 0. The second kappa shape index (κ2) is 7.54. The van der Waals surface area contributed by atoms with Gasteiger partial charge in [-0.15, -0.1) is 0 Å². The Morgan fingerprint density at radius 2 is 1.52 bits per heavy atom. The van der Waals surface area contributed by atoms with Gasteiger partial charge < -0.3 is 0 Å². The number of hydrogen-bond acceptors (Lipinski definition) is 0. The van der Waals surface area contributed by atoms with Gasteiger partial charge in [-0.3, -0.25) is 0 Å². The largest absolute Gasteiger partial charge is 0.204 e. The highest BCUT2D eigenvalue weighted by Crippen LogP contribution is 2.37. The number of rotatable bonds is 4. The highest BCUT2D eigenvalue weighted by molar-refractivity contribution is 6.89. The van der Waals surface area contributed by atoms with E-state index >= 15 is 0 Å². The van der Waals surface area contributed by atoms with Gasteiger partial charge in [0.05, 0.1) is 0 Å². The highest BCUT2D eigenvalue weighted by atomic mass is 29.1. The third-order valence-corrected chi connectivity index (χ3v) is 8.30. The van der Waals surface area contributed by atoms with Gasteiger partial charge in [-0.2, -0.15) is 0 Å². The van der Waals surface area contributed by atoms with Crippen LogP contribution in [0.1, 0.15) is 37.2 Å². The van der Waals surface area contributed by atoms with Crippen molar-refractivity contribution in [2.75, 3.05) is 0 Å². The molecule has 0 heterocycles. The summed E-state index contributed by atoms with van der Waals surface area (Å²) in [5.41, 5.74) is 3.08. The van der Waals surface area contributed by atoms with Crippen LogP contribution in [0, 0.1) is 17.6 Å². The van der Waals surface area contributed by atoms with E-state index in [4.69, 9.17) is 0 Å². The van der Waals surface area contributed by atoms with Gasteiger partial charge in [-0.1, -0.05) is 49.2 Å². The molecule has 0 N–H and O–H groups in total. The third kappa shape index (κ3) is 3.98. The van der Waals surface area contributed by atoms with Gasteiger partial charge in [-0.25, -0.2) is 8.78 Å². The summed E-state index contributed by atoms with van der Waals surface area (Å²) >= 11 is 0. The van der Waals surface area contributed by atoms with E-state index in [1.165, 1.54) is 53.1 Å². The monoisotopic (exact) mass is 346 g/mol. The van der Waals surface area contributed by atoms with E-state index in [1.54, 1.807) is 12.1 Å². The minimum Gasteiger partial charge on any atom is -0.204 e. The van der Waals surface area contributed by atoms with Crippen molar-refractivity contribution >= 4 is 18.8 Å². The molecule has 23 heavy (non-hydrogen) atoms. The molecule has 1 aliphatic carbocycles. The molecule has 0 bridgehead atoms. The Labute approximate surface area is 142 Å². The first-order valence-corrected chi connectivity index (χ1v) is 15.4. The van der Waals surface area contributed by atoms with Crippen molar-refractivity contribution in [3.63, 3.8) is 0 Å². The Balaban J connectivity index is 1.69. The zero-order chi connectivity index (χ0) is 16.2. The molecule has 0 aliphatic heterocycles. The molecule has 3 rings (SSSR count). The molecule has 1 aliphatic rings. The van der Waals surface area contributed by atoms with Crippen molar-refractivity contribution < 1.29 is 8.78 Å². The molecule has 2 aromatic carbocycles. The summed E-state index contributed by atoms with van der Waals surface area (Å²) in [5.74, 6) is 0.116. The predicted octanol–water partition coefficient (Wildman–Crippen LogP) is 3.77. The summed E-state index contributed by atoms with van der Waals surface area (Å²) in [7, 11) is 1.80. The molecule has 122 valence electrons. The van der Waals surface area contributed by atoms with Gasteiger partial charge in [0.25, 0.3) is 0 Å². The van der Waals surface area contributed by atoms with Crippen LogP contribution in [0.15, 0.2) is 42.5 Å². The lowest BCUT2D eigenvalue weighted by molar-refractivity contribution is 0.348. The van der Waals surface area contributed by atoms with Crippen LogP contribution in [0.25, 0.3) is 11.1 Å². The molecule has 1 saturated carbocycles. The smallest absolute Gasteiger partial charge is 0.159 e. The lowest BCUT2D eigenvalue weighted by atomic mass is 9.79. The van der Waals surface area contributed by atoms with Gasteiger partial charge in [0.2, 0.25) is 0 Å². The van der Waals surface area contributed by atoms with Crippen LogP contribution in [0.2, 0.25) is 6.04 Å². The van der Waals surface area contributed by atoms with E-state index in [1.807, 2.05) is 12.1 Å². The molecule has 0 aromatic heterocycles. The number of benzene rings is 2. The van der Waals surface area contributed by atoms with Crippen LogP contribution >= 0.6 is 0 Å². The lowest BCUT2D eigenvalue weighted by Gasteiger charge is -2.28. The first-order valence-electron chi connectivity index (χ1n) is 8.72. The fraction of sp³-hybridized carbons (Fsp3) is 0.368. The van der Waals surface area contributed by atoms with E-state index in [9.17, 15) is 8.78 Å². The molecular weight excluding hydrogens is 322 g/mol. The molecule has 0 saturated heterocycles. The van der Waals surface area contributed by atoms with E-state index in [0.29, 0.717) is 15.0 Å². The topological polar surface area (TPSA) is 0 Å². The molecule has 0 atom stereocenters. The molecule has 0 unspecified atom stereocenters. The average molecular weight is 347 g/mol. The maximum atomic E-state index is 13.4. The fourth-order valence-electron chi connectivity index (χ4n) is 3.82. The van der Waals surface area contributed by atoms with Crippen molar-refractivity contribution in [3.8, 4) is 11.1 Å². The van der Waals surface area contributed by atoms with Crippen molar-refractivity contribution in [1.29, 1.82) is 0 Å². The molecule has 1 fully saturated rings. The van der Waals surface area contributed by atoms with Gasteiger partial charge in [0.15, 0.2) is 11.6 Å². The lowest BCUT2D eigenvalue weighted by Crippen LogP contribution is -2.14. The Morgan fingerprint density at radius 1 is 0.870 bits per heavy atom. The molecule has 0 amide bonds. The van der Waals surface area contributed by atoms with Gasteiger partial charge in [0.1, 0.15) is 0 Å². The summed E-state index contributed by atoms with van der Waals surface area (Å²) in [6.07, 6.45) is 5.41. The van der Waals surface area contributed by atoms with Gasteiger partial charge >= 0.3 is 0 Å². The maximum absolute atomic E-state index is 13.4. The molecular formula is C19H24F2Si2. The first kappa shape index (κ1) is 16.6. The van der Waals surface area contributed by atoms with Crippen molar-refractivity contribution in [3.05, 3.63) is 59.7 Å². The normalized spacial score (nSPS) is 22.0. The molecule has 0 nitrogen and oxygen atoms in total. The first-order chi connectivity index (χ1) is 11.2. The quantitative estimate of drug-likeness (QED) is 0.739. The zero-order valence-electron chi connectivity index (χ0n) is 13.7. The van der Waals surface area contributed by atoms with Crippen LogP contribution in [-0.2, 0) is 0 Å². The van der Waals surface area contributed by atoms with Crippen LogP contribution in [-0.4, -0.2) is 18.8 Å². The zero-order valence-corrected chi connectivity index (χ0v) is 17.1. The molecule has 4 heteroatoms. The highest BCUT2D eigenvalue weighted by Gasteiger charge is 2.21. The predicted molar refractivity (Wildman–Crippen MR) is 99.8 cm³/mol. The number of halogens is 2. The fourth-order valence-corrected chi connectivity index (χ4v) is 7.66. The Hall–Kier alpha value is -1.27. The van der Waals surface area contributed by atoms with Crippen LogP contribution in [0.5, 0.6) is 0 Å². The van der Waals surface area contributed by atoms with E-state index in [2.05, 4.69) is 12.1 Å². The molecule has 2 aromatic rings. The van der Waals surface area contributed by atoms with Crippen molar-refractivity contribution in [2.45, 2.75) is 37.6 Å². The number of hydrogen-bond donors (Lipinski definition) is 0. The van der Waals surface area contributed by atoms with Crippen molar-refractivity contribution in [2.24, 2.45) is 5.92 Å².